The van der Waals surface area contributed by atoms with E-state index in [0.29, 0.717) is 12.6 Å². The second-order valence-corrected chi connectivity index (χ2v) is 5.71. The molecule has 2 aliphatic carbocycles. The lowest BCUT2D eigenvalue weighted by atomic mass is 9.72. The first-order valence-electron chi connectivity index (χ1n) is 6.02. The summed E-state index contributed by atoms with van der Waals surface area (Å²) in [6.07, 6.45) is 6.26. The number of hydrogen-bond donors (Lipinski definition) is 2. The van der Waals surface area contributed by atoms with Gasteiger partial charge in [-0.2, -0.15) is 0 Å². The Bertz CT molecular complexity index is 185. The molecular formula is C12H23NO. The van der Waals surface area contributed by atoms with E-state index < -0.39 is 0 Å². The van der Waals surface area contributed by atoms with Gasteiger partial charge in [0.05, 0.1) is 6.61 Å². The molecule has 2 aliphatic rings. The summed E-state index contributed by atoms with van der Waals surface area (Å²) >= 11 is 0. The van der Waals surface area contributed by atoms with E-state index in [0.717, 1.165) is 24.7 Å². The average Bonchev–Trinajstić information content (AvgIpc) is 2.86. The summed E-state index contributed by atoms with van der Waals surface area (Å²) in [6.45, 7) is 4.95. The van der Waals surface area contributed by atoms with Crippen LogP contribution in [0.2, 0.25) is 0 Å². The van der Waals surface area contributed by atoms with Gasteiger partial charge in [-0.25, -0.2) is 0 Å². The summed E-state index contributed by atoms with van der Waals surface area (Å²) in [7, 11) is 0. The van der Waals surface area contributed by atoms with Gasteiger partial charge in [-0.1, -0.05) is 13.8 Å². The Kier molecular flexibility index (Phi) is 2.85. The molecule has 0 aliphatic heterocycles. The van der Waals surface area contributed by atoms with Crippen molar-refractivity contribution in [3.05, 3.63) is 0 Å². The number of nitrogens with one attached hydrogen (secondary N) is 1. The standard InChI is InChI=1S/C12H23NO/c1-9-5-10(2)7-12(6-9,8-14)13-11-3-4-11/h9-11,13-14H,3-8H2,1-2H3. The van der Waals surface area contributed by atoms with Gasteiger partial charge in [0.15, 0.2) is 0 Å². The number of aliphatic hydroxyl groups excluding tert-OH is 1. The summed E-state index contributed by atoms with van der Waals surface area (Å²) in [5.41, 5.74) is 0.0538. The number of rotatable bonds is 3. The van der Waals surface area contributed by atoms with Crippen LogP contribution >= 0.6 is 0 Å². The molecule has 2 atom stereocenters. The molecule has 0 saturated heterocycles. The molecule has 0 heterocycles. The third kappa shape index (κ3) is 2.29. The maximum atomic E-state index is 9.59. The minimum Gasteiger partial charge on any atom is -0.394 e. The van der Waals surface area contributed by atoms with E-state index >= 15 is 0 Å². The molecule has 0 radical (unpaired) electrons. The van der Waals surface area contributed by atoms with Crippen LogP contribution in [-0.4, -0.2) is 23.3 Å². The van der Waals surface area contributed by atoms with E-state index in [1.54, 1.807) is 0 Å². The molecule has 0 aromatic heterocycles. The van der Waals surface area contributed by atoms with E-state index in [2.05, 4.69) is 19.2 Å². The van der Waals surface area contributed by atoms with Gasteiger partial charge in [-0.15, -0.1) is 0 Å². The van der Waals surface area contributed by atoms with E-state index in [9.17, 15) is 5.11 Å². The Morgan fingerprint density at radius 2 is 1.79 bits per heavy atom. The molecule has 2 rings (SSSR count). The van der Waals surface area contributed by atoms with Crippen molar-refractivity contribution in [2.75, 3.05) is 6.61 Å². The minimum absolute atomic E-state index is 0.0538. The molecule has 0 spiro atoms. The highest BCUT2D eigenvalue weighted by molar-refractivity contribution is 4.99. The highest BCUT2D eigenvalue weighted by Crippen LogP contribution is 2.37. The zero-order valence-corrected chi connectivity index (χ0v) is 9.42. The quantitative estimate of drug-likeness (QED) is 0.724. The first-order valence-corrected chi connectivity index (χ1v) is 6.02. The summed E-state index contributed by atoms with van der Waals surface area (Å²) in [4.78, 5) is 0. The maximum Gasteiger partial charge on any atom is 0.0613 e. The molecule has 0 aromatic carbocycles. The molecule has 0 bridgehead atoms. The third-order valence-corrected chi connectivity index (χ3v) is 3.67. The first-order chi connectivity index (χ1) is 6.63. The first kappa shape index (κ1) is 10.4. The Labute approximate surface area is 87.1 Å². The van der Waals surface area contributed by atoms with Crippen LogP contribution in [-0.2, 0) is 0 Å². The zero-order valence-electron chi connectivity index (χ0n) is 9.42. The van der Waals surface area contributed by atoms with Crippen molar-refractivity contribution in [1.29, 1.82) is 0 Å². The van der Waals surface area contributed by atoms with Crippen LogP contribution in [0.3, 0.4) is 0 Å². The second-order valence-electron chi connectivity index (χ2n) is 5.71. The predicted octanol–water partition coefficient (Wildman–Crippen LogP) is 1.93. The van der Waals surface area contributed by atoms with E-state index in [4.69, 9.17) is 0 Å². The van der Waals surface area contributed by atoms with Crippen LogP contribution in [0.4, 0.5) is 0 Å². The molecule has 2 saturated carbocycles. The average molecular weight is 197 g/mol. The summed E-state index contributed by atoms with van der Waals surface area (Å²) in [6, 6.07) is 0.708. The monoisotopic (exact) mass is 197 g/mol. The van der Waals surface area contributed by atoms with Crippen LogP contribution < -0.4 is 5.32 Å². The van der Waals surface area contributed by atoms with Crippen molar-refractivity contribution >= 4 is 0 Å². The fourth-order valence-electron chi connectivity index (χ4n) is 3.22. The van der Waals surface area contributed by atoms with Gasteiger partial charge in [0.25, 0.3) is 0 Å². The van der Waals surface area contributed by atoms with Crippen LogP contribution in [0.25, 0.3) is 0 Å². The summed E-state index contributed by atoms with van der Waals surface area (Å²) in [5, 5.41) is 13.3. The lowest BCUT2D eigenvalue weighted by Crippen LogP contribution is -2.53. The molecule has 0 aromatic rings. The minimum atomic E-state index is 0.0538. The Balaban J connectivity index is 2.00. The summed E-state index contributed by atoms with van der Waals surface area (Å²) < 4.78 is 0. The molecule has 2 nitrogen and oxygen atoms in total. The fraction of sp³-hybridized carbons (Fsp3) is 1.00. The molecule has 0 amide bonds. The largest absolute Gasteiger partial charge is 0.394 e. The lowest BCUT2D eigenvalue weighted by molar-refractivity contribution is 0.0743. The van der Waals surface area contributed by atoms with Gasteiger partial charge in [0, 0.05) is 11.6 Å². The Morgan fingerprint density at radius 3 is 2.21 bits per heavy atom. The van der Waals surface area contributed by atoms with Crippen LogP contribution in [0.5, 0.6) is 0 Å². The van der Waals surface area contributed by atoms with Crippen LogP contribution in [0, 0.1) is 11.8 Å². The Hall–Kier alpha value is -0.0800. The lowest BCUT2D eigenvalue weighted by Gasteiger charge is -2.42. The van der Waals surface area contributed by atoms with Crippen molar-refractivity contribution in [2.24, 2.45) is 11.8 Å². The maximum absolute atomic E-state index is 9.59. The van der Waals surface area contributed by atoms with E-state index in [1.807, 2.05) is 0 Å². The predicted molar refractivity (Wildman–Crippen MR) is 58.2 cm³/mol. The smallest absolute Gasteiger partial charge is 0.0613 e. The topological polar surface area (TPSA) is 32.3 Å². The highest BCUT2D eigenvalue weighted by atomic mass is 16.3. The molecule has 82 valence electrons. The second kappa shape index (κ2) is 3.82. The van der Waals surface area contributed by atoms with Crippen LogP contribution in [0.1, 0.15) is 46.0 Å². The number of hydrogen-bond acceptors (Lipinski definition) is 2. The normalized spacial score (nSPS) is 43.9. The van der Waals surface area contributed by atoms with Gasteiger partial charge >= 0.3 is 0 Å². The van der Waals surface area contributed by atoms with E-state index in [-0.39, 0.29) is 5.54 Å². The SMILES string of the molecule is CC1CC(C)CC(CO)(NC2CC2)C1. The number of aliphatic hydroxyl groups is 1. The summed E-state index contributed by atoms with van der Waals surface area (Å²) in [5.74, 6) is 1.52. The van der Waals surface area contributed by atoms with Crippen molar-refractivity contribution < 1.29 is 5.11 Å². The highest BCUT2D eigenvalue weighted by Gasteiger charge is 2.40. The van der Waals surface area contributed by atoms with Gasteiger partial charge < -0.3 is 10.4 Å². The third-order valence-electron chi connectivity index (χ3n) is 3.67. The zero-order chi connectivity index (χ0) is 10.2. The van der Waals surface area contributed by atoms with Crippen molar-refractivity contribution in [3.8, 4) is 0 Å². The fourth-order valence-corrected chi connectivity index (χ4v) is 3.22. The van der Waals surface area contributed by atoms with Gasteiger partial charge in [0.1, 0.15) is 0 Å². The van der Waals surface area contributed by atoms with Gasteiger partial charge in [0.2, 0.25) is 0 Å². The van der Waals surface area contributed by atoms with Crippen molar-refractivity contribution in [2.45, 2.75) is 57.5 Å². The van der Waals surface area contributed by atoms with Crippen molar-refractivity contribution in [1.82, 2.24) is 5.32 Å². The molecular weight excluding hydrogens is 174 g/mol. The molecule has 2 fully saturated rings. The van der Waals surface area contributed by atoms with Crippen LogP contribution in [0.15, 0.2) is 0 Å². The molecule has 2 unspecified atom stereocenters. The molecule has 2 heteroatoms. The van der Waals surface area contributed by atoms with Gasteiger partial charge in [-0.05, 0) is 43.9 Å². The van der Waals surface area contributed by atoms with Gasteiger partial charge in [-0.3, -0.25) is 0 Å². The molecule has 2 N–H and O–H groups in total. The Morgan fingerprint density at radius 1 is 1.21 bits per heavy atom. The van der Waals surface area contributed by atoms with E-state index in [1.165, 1.54) is 19.3 Å². The molecule has 14 heavy (non-hydrogen) atoms. The van der Waals surface area contributed by atoms with Crippen molar-refractivity contribution in [3.63, 3.8) is 0 Å².